The highest BCUT2D eigenvalue weighted by Crippen LogP contribution is 1.95. The van der Waals surface area contributed by atoms with Crippen LogP contribution in [-0.4, -0.2) is 45.3 Å². The van der Waals surface area contributed by atoms with Crippen LogP contribution < -0.4 is 16.2 Å². The van der Waals surface area contributed by atoms with Crippen LogP contribution in [0.5, 0.6) is 0 Å². The average molecular weight is 228 g/mol. The number of aryl methyl sites for hydroxylation is 1. The van der Waals surface area contributed by atoms with Crippen LogP contribution in [0.2, 0.25) is 0 Å². The molecule has 2 aromatic heterocycles. The molecule has 2 rings (SSSR count). The quantitative estimate of drug-likeness (QED) is 0.549. The first-order valence-corrected chi connectivity index (χ1v) is 5.03. The van der Waals surface area contributed by atoms with E-state index < -0.39 is 0 Å². The molecule has 0 amide bonds. The molecule has 2 aromatic rings. The zero-order chi connectivity index (χ0) is 12.1. The molecule has 2 heterocycles. The average Bonchev–Trinajstić information content (AvgIpc) is 2.29. The van der Waals surface area contributed by atoms with Gasteiger partial charge < -0.3 is 10.5 Å². The summed E-state index contributed by atoms with van der Waals surface area (Å²) in [5, 5.41) is 5.96. The summed E-state index contributed by atoms with van der Waals surface area (Å²) >= 11 is 0. The van der Waals surface area contributed by atoms with Crippen molar-refractivity contribution in [3.8, 4) is 0 Å². The molecule has 0 bridgehead atoms. The molecule has 0 aliphatic rings. The molecule has 8 nitrogen and oxygen atoms in total. The van der Waals surface area contributed by atoms with E-state index in [0.717, 1.165) is 0 Å². The van der Waals surface area contributed by atoms with Crippen molar-refractivity contribution in [2.75, 3.05) is 10.5 Å². The van der Waals surface area contributed by atoms with Crippen molar-refractivity contribution in [3.05, 3.63) is 18.5 Å². The number of nitrogens with zero attached hydrogens (tertiary/aromatic N) is 6. The lowest BCUT2D eigenvalue weighted by Crippen LogP contribution is -2.23. The van der Waals surface area contributed by atoms with Crippen LogP contribution in [0.3, 0.4) is 0 Å². The predicted octanol–water partition coefficient (Wildman–Crippen LogP) is -2.59. The van der Waals surface area contributed by atoms with E-state index in [1.165, 1.54) is 12.7 Å². The van der Waals surface area contributed by atoms with Gasteiger partial charge >= 0.3 is 7.55 Å². The zero-order valence-electron chi connectivity index (χ0n) is 9.55. The summed E-state index contributed by atoms with van der Waals surface area (Å²) in [6.07, 6.45) is 2.91. The molecular weight excluding hydrogens is 218 g/mol. The van der Waals surface area contributed by atoms with Crippen molar-refractivity contribution < 1.29 is 0 Å². The van der Waals surface area contributed by atoms with Crippen molar-refractivity contribution in [3.63, 3.8) is 0 Å². The molecular formula is C7H10B2N8. The van der Waals surface area contributed by atoms with Crippen LogP contribution >= 0.6 is 0 Å². The first-order chi connectivity index (χ1) is 8.24. The van der Waals surface area contributed by atoms with Gasteiger partial charge in [-0.05, 0) is 6.92 Å². The Hall–Kier alpha value is -2.25. The highest BCUT2D eigenvalue weighted by molar-refractivity contribution is 6.44. The Kier molecular flexibility index (Phi) is 3.43. The predicted molar refractivity (Wildman–Crippen MR) is 67.0 cm³/mol. The summed E-state index contributed by atoms with van der Waals surface area (Å²) in [7, 11) is 2.22. The number of rotatable bonds is 4. The maximum absolute atomic E-state index is 4.10. The van der Waals surface area contributed by atoms with Gasteiger partial charge in [-0.3, -0.25) is 0 Å². The first-order valence-electron chi connectivity index (χ1n) is 5.03. The SMILES string of the molecule is Bc1ncnc(NBNc2ncnc(C)n2)n1. The van der Waals surface area contributed by atoms with E-state index in [9.17, 15) is 0 Å². The second kappa shape index (κ2) is 5.19. The fourth-order valence-corrected chi connectivity index (χ4v) is 1.13. The van der Waals surface area contributed by atoms with Crippen LogP contribution in [-0.2, 0) is 0 Å². The molecule has 0 saturated carbocycles. The number of aromatic nitrogens is 6. The van der Waals surface area contributed by atoms with Gasteiger partial charge in [0.15, 0.2) is 7.85 Å². The van der Waals surface area contributed by atoms with Crippen molar-refractivity contribution >= 4 is 33.0 Å². The summed E-state index contributed by atoms with van der Waals surface area (Å²) in [5.74, 6) is 1.69. The van der Waals surface area contributed by atoms with Crippen molar-refractivity contribution in [2.45, 2.75) is 6.92 Å². The van der Waals surface area contributed by atoms with E-state index in [1.807, 2.05) is 0 Å². The van der Waals surface area contributed by atoms with Gasteiger partial charge in [0.2, 0.25) is 11.9 Å². The zero-order valence-corrected chi connectivity index (χ0v) is 9.55. The minimum atomic E-state index is 0.424. The van der Waals surface area contributed by atoms with Gasteiger partial charge in [-0.15, -0.1) is 0 Å². The fourth-order valence-electron chi connectivity index (χ4n) is 1.13. The Morgan fingerprint density at radius 2 is 1.65 bits per heavy atom. The van der Waals surface area contributed by atoms with Gasteiger partial charge in [0, 0.05) is 0 Å². The lowest BCUT2D eigenvalue weighted by molar-refractivity contribution is 0.986. The Morgan fingerprint density at radius 1 is 1.00 bits per heavy atom. The summed E-state index contributed by atoms with van der Waals surface area (Å²) < 4.78 is 0. The van der Waals surface area contributed by atoms with Gasteiger partial charge in [-0.2, -0.15) is 4.98 Å². The third kappa shape index (κ3) is 3.37. The normalized spacial score (nSPS) is 9.71. The molecule has 0 unspecified atom stereocenters. The standard InChI is InChI=1S/C7H10B2N8/c1-4-10-2-12-6(14-4)16-9-17-7-13-3-11-5(8)15-7/h2-3,9H,8H2,1H3,(H,10,12,14,16)(H,11,13,15,17). The van der Waals surface area contributed by atoms with Crippen molar-refractivity contribution in [2.24, 2.45) is 0 Å². The van der Waals surface area contributed by atoms with Crippen LogP contribution in [0.25, 0.3) is 0 Å². The Bertz CT molecular complexity index is 461. The summed E-state index contributed by atoms with van der Waals surface area (Å²) in [4.78, 5) is 23.9. The van der Waals surface area contributed by atoms with Crippen molar-refractivity contribution in [1.82, 2.24) is 29.9 Å². The van der Waals surface area contributed by atoms with E-state index in [2.05, 4.69) is 40.4 Å². The molecule has 0 saturated heterocycles. The van der Waals surface area contributed by atoms with E-state index in [0.29, 0.717) is 31.0 Å². The van der Waals surface area contributed by atoms with Gasteiger partial charge in [-0.25, -0.2) is 24.9 Å². The number of hydrogen-bond acceptors (Lipinski definition) is 8. The van der Waals surface area contributed by atoms with Crippen LogP contribution in [0.15, 0.2) is 12.7 Å². The third-order valence-electron chi connectivity index (χ3n) is 1.88. The Balaban J connectivity index is 1.87. The van der Waals surface area contributed by atoms with E-state index in [1.54, 1.807) is 14.8 Å². The van der Waals surface area contributed by atoms with Gasteiger partial charge in [0.1, 0.15) is 18.5 Å². The Morgan fingerprint density at radius 3 is 2.29 bits per heavy atom. The summed E-state index contributed by atoms with van der Waals surface area (Å²) in [5.41, 5.74) is 0.665. The minimum Gasteiger partial charge on any atom is -0.381 e. The maximum atomic E-state index is 4.10. The molecule has 0 fully saturated rings. The molecule has 2 N–H and O–H groups in total. The second-order valence-corrected chi connectivity index (χ2v) is 3.24. The molecule has 0 spiro atoms. The number of anilines is 2. The monoisotopic (exact) mass is 228 g/mol. The smallest absolute Gasteiger partial charge is 0.356 e. The fraction of sp³-hybridized carbons (Fsp3) is 0.143. The van der Waals surface area contributed by atoms with Gasteiger partial charge in [-0.1, -0.05) is 0 Å². The van der Waals surface area contributed by atoms with Crippen LogP contribution in [0.4, 0.5) is 11.9 Å². The van der Waals surface area contributed by atoms with Crippen LogP contribution in [0.1, 0.15) is 5.82 Å². The molecule has 17 heavy (non-hydrogen) atoms. The van der Waals surface area contributed by atoms with Gasteiger partial charge in [0.25, 0.3) is 0 Å². The van der Waals surface area contributed by atoms with Crippen LogP contribution in [0, 0.1) is 6.92 Å². The second-order valence-electron chi connectivity index (χ2n) is 3.24. The number of nitrogens with one attached hydrogen (secondary N) is 2. The van der Waals surface area contributed by atoms with E-state index in [4.69, 9.17) is 0 Å². The van der Waals surface area contributed by atoms with Gasteiger partial charge in [0.05, 0.1) is 5.72 Å². The molecule has 0 radical (unpaired) electrons. The molecule has 0 aliphatic carbocycles. The maximum Gasteiger partial charge on any atom is 0.356 e. The van der Waals surface area contributed by atoms with E-state index in [-0.39, 0.29) is 0 Å². The molecule has 0 aliphatic heterocycles. The largest absolute Gasteiger partial charge is 0.381 e. The lowest BCUT2D eigenvalue weighted by atomic mass is 10.1. The highest BCUT2D eigenvalue weighted by Gasteiger charge is 2.00. The summed E-state index contributed by atoms with van der Waals surface area (Å²) in [6, 6.07) is 0. The molecule has 0 atom stereocenters. The molecule has 0 aromatic carbocycles. The first kappa shape index (κ1) is 11.2. The summed E-state index contributed by atoms with van der Waals surface area (Å²) in [6.45, 7) is 1.80. The minimum absolute atomic E-state index is 0.424. The lowest BCUT2D eigenvalue weighted by Gasteiger charge is -2.04. The molecule has 10 heteroatoms. The highest BCUT2D eigenvalue weighted by atomic mass is 15.2. The van der Waals surface area contributed by atoms with Crippen molar-refractivity contribution in [1.29, 1.82) is 0 Å². The Labute approximate surface area is 99.5 Å². The molecule has 84 valence electrons. The number of hydrogen-bond donors (Lipinski definition) is 2. The van der Waals surface area contributed by atoms with E-state index >= 15 is 0 Å². The third-order valence-corrected chi connectivity index (χ3v) is 1.88. The topological polar surface area (TPSA) is 101 Å².